The molecule has 0 radical (unpaired) electrons. The lowest BCUT2D eigenvalue weighted by Gasteiger charge is -2.12. The lowest BCUT2D eigenvalue weighted by molar-refractivity contribution is -0.122. The first-order chi connectivity index (χ1) is 8.15. The molecule has 17 heavy (non-hydrogen) atoms. The number of aliphatic hydroxyl groups excluding tert-OH is 1. The second-order valence-electron chi connectivity index (χ2n) is 3.86. The Hall–Kier alpha value is -1.59. The minimum Gasteiger partial charge on any atom is -0.391 e. The molecule has 94 valence electrons. The smallest absolute Gasteiger partial charge is 0.236 e. The molecule has 1 atom stereocenters. The van der Waals surface area contributed by atoms with Crippen LogP contribution in [0.4, 0.5) is 5.69 Å². The van der Waals surface area contributed by atoms with Gasteiger partial charge in [0.05, 0.1) is 12.5 Å². The molecule has 0 aromatic heterocycles. The fraction of sp³-hybridized carbons (Fsp3) is 0.417. The average molecular weight is 237 g/mol. The van der Waals surface area contributed by atoms with Crippen molar-refractivity contribution in [3.8, 4) is 0 Å². The number of anilines is 1. The van der Waals surface area contributed by atoms with Crippen LogP contribution >= 0.6 is 0 Å². The number of carbonyl (C=O) groups is 1. The standard InChI is InChI=1S/C12H19N3O2/c1-2-9-3-5-10(6-4-9)14-8-11(16)7-12(17)15-13/h3-6,11,14,16H,2,7-8,13H2,1H3,(H,15,17). The van der Waals surface area contributed by atoms with E-state index >= 15 is 0 Å². The molecule has 0 bridgehead atoms. The topological polar surface area (TPSA) is 87.4 Å². The van der Waals surface area contributed by atoms with E-state index in [2.05, 4.69) is 12.2 Å². The molecule has 0 heterocycles. The second kappa shape index (κ2) is 6.88. The van der Waals surface area contributed by atoms with Crippen LogP contribution in [0.1, 0.15) is 18.9 Å². The minimum absolute atomic E-state index is 0.00343. The maximum Gasteiger partial charge on any atom is 0.236 e. The Morgan fingerprint density at radius 2 is 2.06 bits per heavy atom. The zero-order valence-electron chi connectivity index (χ0n) is 9.94. The fourth-order valence-corrected chi connectivity index (χ4v) is 1.44. The van der Waals surface area contributed by atoms with E-state index in [-0.39, 0.29) is 12.3 Å². The summed E-state index contributed by atoms with van der Waals surface area (Å²) in [5, 5.41) is 12.6. The van der Waals surface area contributed by atoms with Crippen molar-refractivity contribution in [3.63, 3.8) is 0 Å². The molecule has 1 amide bonds. The number of hydrogen-bond donors (Lipinski definition) is 4. The van der Waals surface area contributed by atoms with Crippen LogP contribution in [-0.4, -0.2) is 23.7 Å². The van der Waals surface area contributed by atoms with Crippen LogP contribution in [0.2, 0.25) is 0 Å². The number of rotatable bonds is 6. The third-order valence-electron chi connectivity index (χ3n) is 2.49. The van der Waals surface area contributed by atoms with Crippen LogP contribution in [0.3, 0.4) is 0 Å². The highest BCUT2D eigenvalue weighted by molar-refractivity contribution is 5.75. The molecule has 0 saturated carbocycles. The van der Waals surface area contributed by atoms with E-state index < -0.39 is 6.10 Å². The van der Waals surface area contributed by atoms with Gasteiger partial charge in [0.1, 0.15) is 0 Å². The average Bonchev–Trinajstić information content (AvgIpc) is 2.36. The van der Waals surface area contributed by atoms with Crippen molar-refractivity contribution in [3.05, 3.63) is 29.8 Å². The van der Waals surface area contributed by atoms with Crippen LogP contribution in [0.25, 0.3) is 0 Å². The van der Waals surface area contributed by atoms with Gasteiger partial charge in [0.2, 0.25) is 5.91 Å². The Labute approximate surface area is 101 Å². The second-order valence-corrected chi connectivity index (χ2v) is 3.86. The Morgan fingerprint density at radius 3 is 2.59 bits per heavy atom. The van der Waals surface area contributed by atoms with Crippen molar-refractivity contribution in [1.29, 1.82) is 0 Å². The van der Waals surface area contributed by atoms with E-state index in [1.807, 2.05) is 29.7 Å². The van der Waals surface area contributed by atoms with Crippen LogP contribution in [0, 0.1) is 0 Å². The highest BCUT2D eigenvalue weighted by atomic mass is 16.3. The molecule has 5 heteroatoms. The van der Waals surface area contributed by atoms with Crippen LogP contribution in [0.5, 0.6) is 0 Å². The van der Waals surface area contributed by atoms with Crippen LogP contribution in [0.15, 0.2) is 24.3 Å². The van der Waals surface area contributed by atoms with E-state index in [4.69, 9.17) is 5.84 Å². The summed E-state index contributed by atoms with van der Waals surface area (Å²) in [5.74, 6) is 4.55. The van der Waals surface area contributed by atoms with Gasteiger partial charge in [-0.05, 0) is 24.1 Å². The monoisotopic (exact) mass is 237 g/mol. The third-order valence-corrected chi connectivity index (χ3v) is 2.49. The van der Waals surface area contributed by atoms with Gasteiger partial charge in [0, 0.05) is 12.2 Å². The Kier molecular flexibility index (Phi) is 5.45. The van der Waals surface area contributed by atoms with E-state index in [1.165, 1.54) is 5.56 Å². The molecule has 0 aliphatic carbocycles. The van der Waals surface area contributed by atoms with Crippen molar-refractivity contribution >= 4 is 11.6 Å². The Bertz CT molecular complexity index is 351. The molecular weight excluding hydrogens is 218 g/mol. The summed E-state index contributed by atoms with van der Waals surface area (Å²) < 4.78 is 0. The Balaban J connectivity index is 2.36. The van der Waals surface area contributed by atoms with Gasteiger partial charge >= 0.3 is 0 Å². The molecule has 0 aliphatic heterocycles. The van der Waals surface area contributed by atoms with Crippen LogP contribution < -0.4 is 16.6 Å². The van der Waals surface area contributed by atoms with Gasteiger partial charge in [-0.2, -0.15) is 0 Å². The predicted molar refractivity (Wildman–Crippen MR) is 67.3 cm³/mol. The number of carbonyl (C=O) groups excluding carboxylic acids is 1. The third kappa shape index (κ3) is 4.84. The molecule has 0 spiro atoms. The van der Waals surface area contributed by atoms with E-state index in [0.717, 1.165) is 12.1 Å². The maximum absolute atomic E-state index is 10.9. The molecule has 1 aromatic carbocycles. The molecular formula is C12H19N3O2. The summed E-state index contributed by atoms with van der Waals surface area (Å²) in [6.07, 6.45) is 0.250. The van der Waals surface area contributed by atoms with Gasteiger partial charge in [-0.15, -0.1) is 0 Å². The van der Waals surface area contributed by atoms with Crippen LogP contribution in [-0.2, 0) is 11.2 Å². The number of nitrogens with one attached hydrogen (secondary N) is 2. The number of aliphatic hydroxyl groups is 1. The molecule has 1 aromatic rings. The van der Waals surface area contributed by atoms with E-state index in [0.29, 0.717) is 6.54 Å². The summed E-state index contributed by atoms with van der Waals surface area (Å²) in [5.41, 5.74) is 4.17. The summed E-state index contributed by atoms with van der Waals surface area (Å²) in [6.45, 7) is 2.41. The highest BCUT2D eigenvalue weighted by Crippen LogP contribution is 2.10. The first kappa shape index (κ1) is 13.5. The van der Waals surface area contributed by atoms with Gasteiger partial charge in [-0.1, -0.05) is 19.1 Å². The molecule has 5 nitrogen and oxygen atoms in total. The zero-order chi connectivity index (χ0) is 12.7. The van der Waals surface area contributed by atoms with Crippen molar-refractivity contribution in [1.82, 2.24) is 5.43 Å². The number of amides is 1. The number of benzene rings is 1. The number of hydrazine groups is 1. The molecule has 1 unspecified atom stereocenters. The van der Waals surface area contributed by atoms with Gasteiger partial charge < -0.3 is 10.4 Å². The molecule has 0 fully saturated rings. The first-order valence-electron chi connectivity index (χ1n) is 5.66. The zero-order valence-corrected chi connectivity index (χ0v) is 9.94. The lowest BCUT2D eigenvalue weighted by Crippen LogP contribution is -2.34. The quantitative estimate of drug-likeness (QED) is 0.328. The molecule has 0 aliphatic rings. The van der Waals surface area contributed by atoms with Gasteiger partial charge in [-0.25, -0.2) is 5.84 Å². The molecule has 0 saturated heterocycles. The largest absolute Gasteiger partial charge is 0.391 e. The first-order valence-corrected chi connectivity index (χ1v) is 5.66. The fourth-order valence-electron chi connectivity index (χ4n) is 1.44. The van der Waals surface area contributed by atoms with Gasteiger partial charge in [0.25, 0.3) is 0 Å². The Morgan fingerprint density at radius 1 is 1.41 bits per heavy atom. The normalized spacial score (nSPS) is 11.9. The van der Waals surface area contributed by atoms with Gasteiger partial charge in [0.15, 0.2) is 0 Å². The number of nitrogens with two attached hydrogens (primary N) is 1. The summed E-state index contributed by atoms with van der Waals surface area (Å²) >= 11 is 0. The van der Waals surface area contributed by atoms with Crippen molar-refractivity contribution in [2.75, 3.05) is 11.9 Å². The van der Waals surface area contributed by atoms with Crippen molar-refractivity contribution in [2.45, 2.75) is 25.9 Å². The molecule has 5 N–H and O–H groups in total. The number of aryl methyl sites for hydroxylation is 1. The van der Waals surface area contributed by atoms with Gasteiger partial charge in [-0.3, -0.25) is 10.2 Å². The summed E-state index contributed by atoms with van der Waals surface area (Å²) in [4.78, 5) is 10.9. The van der Waals surface area contributed by atoms with Crippen molar-refractivity contribution in [2.24, 2.45) is 5.84 Å². The van der Waals surface area contributed by atoms with E-state index in [1.54, 1.807) is 0 Å². The minimum atomic E-state index is -0.746. The maximum atomic E-state index is 10.9. The lowest BCUT2D eigenvalue weighted by atomic mass is 10.1. The predicted octanol–water partition coefficient (Wildman–Crippen LogP) is 0.402. The van der Waals surface area contributed by atoms with E-state index in [9.17, 15) is 9.90 Å². The summed E-state index contributed by atoms with van der Waals surface area (Å²) in [7, 11) is 0. The SMILES string of the molecule is CCc1ccc(NCC(O)CC(=O)NN)cc1. The molecule has 1 rings (SSSR count). The summed E-state index contributed by atoms with van der Waals surface area (Å²) in [6, 6.07) is 7.96. The van der Waals surface area contributed by atoms with Crippen molar-refractivity contribution < 1.29 is 9.90 Å². The number of hydrogen-bond acceptors (Lipinski definition) is 4. The highest BCUT2D eigenvalue weighted by Gasteiger charge is 2.09.